The molecule has 8 heteroatoms. The monoisotopic (exact) mass is 403 g/mol. The molecule has 1 aromatic carbocycles. The van der Waals surface area contributed by atoms with Gasteiger partial charge in [0.15, 0.2) is 12.4 Å². The van der Waals surface area contributed by atoms with Crippen LogP contribution in [-0.4, -0.2) is 35.3 Å². The zero-order valence-electron chi connectivity index (χ0n) is 16.6. The van der Waals surface area contributed by atoms with Crippen molar-refractivity contribution in [1.29, 1.82) is 0 Å². The topological polar surface area (TPSA) is 91.2 Å². The Morgan fingerprint density at radius 1 is 1.10 bits per heavy atom. The van der Waals surface area contributed by atoms with Gasteiger partial charge in [0.1, 0.15) is 17.1 Å². The van der Waals surface area contributed by atoms with Crippen LogP contribution < -0.4 is 14.4 Å². The summed E-state index contributed by atoms with van der Waals surface area (Å²) in [4.78, 5) is 11.6. The Bertz CT molecular complexity index is 1180. The molecule has 0 radical (unpaired) electrons. The van der Waals surface area contributed by atoms with E-state index >= 15 is 0 Å². The van der Waals surface area contributed by atoms with E-state index in [1.807, 2.05) is 18.2 Å². The fourth-order valence-corrected chi connectivity index (χ4v) is 3.91. The SMILES string of the molecule is COc1cccc2ccc(N3CCC(c4nc(-c5ccc[n+]([O-])c5)no4)CC3)nc12. The van der Waals surface area contributed by atoms with Crippen molar-refractivity contribution in [2.75, 3.05) is 25.1 Å². The largest absolute Gasteiger partial charge is 0.619 e. The summed E-state index contributed by atoms with van der Waals surface area (Å²) in [6.07, 6.45) is 4.65. The van der Waals surface area contributed by atoms with E-state index in [4.69, 9.17) is 14.2 Å². The number of ether oxygens (including phenoxy) is 1. The quantitative estimate of drug-likeness (QED) is 0.381. The predicted octanol–water partition coefficient (Wildman–Crippen LogP) is 3.31. The summed E-state index contributed by atoms with van der Waals surface area (Å²) < 4.78 is 11.7. The molecule has 4 aromatic rings. The number of pyridine rings is 2. The Morgan fingerprint density at radius 3 is 2.77 bits per heavy atom. The first-order chi connectivity index (χ1) is 14.7. The number of para-hydroxylation sites is 1. The van der Waals surface area contributed by atoms with E-state index in [9.17, 15) is 5.21 Å². The third-order valence-corrected chi connectivity index (χ3v) is 5.53. The Kier molecular flexibility index (Phi) is 4.66. The number of hydrogen-bond acceptors (Lipinski definition) is 7. The van der Waals surface area contributed by atoms with Gasteiger partial charge in [-0.2, -0.15) is 9.71 Å². The first-order valence-electron chi connectivity index (χ1n) is 9.93. The molecule has 0 atom stereocenters. The van der Waals surface area contributed by atoms with Crippen LogP contribution in [0.15, 0.2) is 59.4 Å². The number of methoxy groups -OCH3 is 1. The van der Waals surface area contributed by atoms with Crippen LogP contribution in [0.4, 0.5) is 5.82 Å². The summed E-state index contributed by atoms with van der Waals surface area (Å²) in [7, 11) is 1.67. The third-order valence-electron chi connectivity index (χ3n) is 5.53. The summed E-state index contributed by atoms with van der Waals surface area (Å²) in [6.45, 7) is 1.70. The normalized spacial score (nSPS) is 14.9. The second kappa shape index (κ2) is 7.62. The molecule has 1 aliphatic rings. The van der Waals surface area contributed by atoms with Gasteiger partial charge in [0.05, 0.1) is 12.7 Å². The Labute approximate surface area is 173 Å². The number of aromatic nitrogens is 4. The molecule has 0 bridgehead atoms. The van der Waals surface area contributed by atoms with Gasteiger partial charge in [0.2, 0.25) is 11.7 Å². The first kappa shape index (κ1) is 18.4. The molecule has 8 nitrogen and oxygen atoms in total. The lowest BCUT2D eigenvalue weighted by atomic mass is 9.96. The zero-order valence-corrected chi connectivity index (χ0v) is 16.6. The molecular weight excluding hydrogens is 382 g/mol. The van der Waals surface area contributed by atoms with Gasteiger partial charge < -0.3 is 19.4 Å². The van der Waals surface area contributed by atoms with Gasteiger partial charge in [-0.05, 0) is 37.1 Å². The third kappa shape index (κ3) is 3.41. The number of piperidine rings is 1. The molecule has 0 unspecified atom stereocenters. The van der Waals surface area contributed by atoms with E-state index in [2.05, 4.69) is 27.2 Å². The van der Waals surface area contributed by atoms with Crippen molar-refractivity contribution >= 4 is 16.7 Å². The molecule has 5 rings (SSSR count). The lowest BCUT2D eigenvalue weighted by Crippen LogP contribution is -2.33. The van der Waals surface area contributed by atoms with E-state index in [0.717, 1.165) is 53.1 Å². The summed E-state index contributed by atoms with van der Waals surface area (Å²) in [5, 5.41) is 16.6. The molecule has 30 heavy (non-hydrogen) atoms. The maximum Gasteiger partial charge on any atom is 0.230 e. The minimum absolute atomic E-state index is 0.195. The number of fused-ring (bicyclic) bond motifs is 1. The van der Waals surface area contributed by atoms with Crippen LogP contribution in [0, 0.1) is 5.21 Å². The second-order valence-corrected chi connectivity index (χ2v) is 7.37. The molecule has 1 aliphatic heterocycles. The van der Waals surface area contributed by atoms with Crippen molar-refractivity contribution in [1.82, 2.24) is 15.1 Å². The van der Waals surface area contributed by atoms with Crippen LogP contribution in [0.5, 0.6) is 5.75 Å². The van der Waals surface area contributed by atoms with Crippen molar-refractivity contribution in [3.63, 3.8) is 0 Å². The number of rotatable bonds is 4. The molecule has 0 spiro atoms. The summed E-state index contributed by atoms with van der Waals surface area (Å²) >= 11 is 0. The fourth-order valence-electron chi connectivity index (χ4n) is 3.91. The van der Waals surface area contributed by atoms with Crippen LogP contribution in [0.1, 0.15) is 24.7 Å². The smallest absolute Gasteiger partial charge is 0.230 e. The second-order valence-electron chi connectivity index (χ2n) is 7.37. The first-order valence-corrected chi connectivity index (χ1v) is 9.93. The van der Waals surface area contributed by atoms with Gasteiger partial charge in [0, 0.05) is 30.5 Å². The van der Waals surface area contributed by atoms with Gasteiger partial charge in [-0.1, -0.05) is 17.3 Å². The molecule has 3 aromatic heterocycles. The number of hydrogen-bond donors (Lipinski definition) is 0. The average molecular weight is 403 g/mol. The van der Waals surface area contributed by atoms with Crippen molar-refractivity contribution in [2.24, 2.45) is 0 Å². The Hall–Kier alpha value is -3.68. The zero-order chi connectivity index (χ0) is 20.5. The lowest BCUT2D eigenvalue weighted by Gasteiger charge is -2.31. The van der Waals surface area contributed by atoms with Crippen molar-refractivity contribution in [3.8, 4) is 17.1 Å². The standard InChI is InChI=1S/C22H21N5O3/c1-29-18-6-2-4-15-7-8-19(23-20(15)18)26-12-9-16(10-13-26)22-24-21(25-30-22)17-5-3-11-27(28)14-17/h2-8,11,14,16H,9-10,12-13H2,1H3. The summed E-state index contributed by atoms with van der Waals surface area (Å²) in [5.41, 5.74) is 1.52. The van der Waals surface area contributed by atoms with Crippen molar-refractivity contribution in [3.05, 3.63) is 66.0 Å². The Morgan fingerprint density at radius 2 is 1.97 bits per heavy atom. The number of anilines is 1. The predicted molar refractivity (Wildman–Crippen MR) is 111 cm³/mol. The molecule has 0 aliphatic carbocycles. The number of benzene rings is 1. The highest BCUT2D eigenvalue weighted by atomic mass is 16.5. The molecule has 1 saturated heterocycles. The highest BCUT2D eigenvalue weighted by Gasteiger charge is 2.26. The van der Waals surface area contributed by atoms with Crippen LogP contribution >= 0.6 is 0 Å². The molecule has 1 fully saturated rings. The molecular formula is C22H21N5O3. The van der Waals surface area contributed by atoms with Gasteiger partial charge in [0.25, 0.3) is 0 Å². The van der Waals surface area contributed by atoms with E-state index < -0.39 is 0 Å². The lowest BCUT2D eigenvalue weighted by molar-refractivity contribution is -0.604. The summed E-state index contributed by atoms with van der Waals surface area (Å²) in [6, 6.07) is 13.5. The van der Waals surface area contributed by atoms with Gasteiger partial charge in [-0.25, -0.2) is 4.98 Å². The Balaban J connectivity index is 1.31. The maximum atomic E-state index is 11.5. The minimum atomic E-state index is 0.195. The van der Waals surface area contributed by atoms with Crippen LogP contribution in [0.2, 0.25) is 0 Å². The summed E-state index contributed by atoms with van der Waals surface area (Å²) in [5.74, 6) is 2.99. The van der Waals surface area contributed by atoms with Crippen molar-refractivity contribution < 1.29 is 14.0 Å². The number of nitrogens with zero attached hydrogens (tertiary/aromatic N) is 5. The highest BCUT2D eigenvalue weighted by molar-refractivity contribution is 5.86. The van der Waals surface area contributed by atoms with Crippen LogP contribution in [-0.2, 0) is 0 Å². The fraction of sp³-hybridized carbons (Fsp3) is 0.273. The molecule has 0 amide bonds. The molecule has 4 heterocycles. The van der Waals surface area contributed by atoms with Crippen molar-refractivity contribution in [2.45, 2.75) is 18.8 Å². The van der Waals surface area contributed by atoms with Gasteiger partial charge >= 0.3 is 0 Å². The minimum Gasteiger partial charge on any atom is -0.619 e. The van der Waals surface area contributed by atoms with Gasteiger partial charge in [-0.3, -0.25) is 0 Å². The average Bonchev–Trinajstić information content (AvgIpc) is 3.29. The van der Waals surface area contributed by atoms with E-state index in [1.54, 1.807) is 19.2 Å². The van der Waals surface area contributed by atoms with E-state index in [0.29, 0.717) is 17.3 Å². The van der Waals surface area contributed by atoms with E-state index in [-0.39, 0.29) is 5.92 Å². The van der Waals surface area contributed by atoms with Gasteiger partial charge in [-0.15, -0.1) is 0 Å². The highest BCUT2D eigenvalue weighted by Crippen LogP contribution is 2.32. The molecule has 0 saturated carbocycles. The molecule has 0 N–H and O–H groups in total. The van der Waals surface area contributed by atoms with Crippen LogP contribution in [0.25, 0.3) is 22.3 Å². The van der Waals surface area contributed by atoms with E-state index in [1.165, 1.54) is 12.4 Å². The maximum absolute atomic E-state index is 11.5. The van der Waals surface area contributed by atoms with Crippen LogP contribution in [0.3, 0.4) is 0 Å². The molecule has 152 valence electrons.